The zero-order chi connectivity index (χ0) is 15.5. The van der Waals surface area contributed by atoms with Gasteiger partial charge in [0.1, 0.15) is 6.04 Å². The van der Waals surface area contributed by atoms with E-state index in [4.69, 9.17) is 14.9 Å². The van der Waals surface area contributed by atoms with Crippen LogP contribution in [-0.2, 0) is 9.53 Å². The van der Waals surface area contributed by atoms with Crippen molar-refractivity contribution in [3.63, 3.8) is 0 Å². The quantitative estimate of drug-likeness (QED) is 0.853. The summed E-state index contributed by atoms with van der Waals surface area (Å²) in [7, 11) is 1.51. The maximum Gasteiger partial charge on any atom is 0.243 e. The first kappa shape index (κ1) is 14.7. The van der Waals surface area contributed by atoms with Crippen molar-refractivity contribution in [1.29, 1.82) is 0 Å². The highest BCUT2D eigenvalue weighted by molar-refractivity contribution is 5.94. The zero-order valence-electron chi connectivity index (χ0n) is 12.4. The Hall–Kier alpha value is -2.18. The SMILES string of the molecule is COCC(N)C(=O)Nc1ccc(-c2cnc(C3CC3)o2)cc1. The number of amides is 1. The number of carbonyl (C=O) groups excluding carboxylic acids is 1. The third-order valence-electron chi connectivity index (χ3n) is 3.57. The van der Waals surface area contributed by atoms with Gasteiger partial charge in [0.15, 0.2) is 11.7 Å². The Morgan fingerprint density at radius 1 is 1.45 bits per heavy atom. The van der Waals surface area contributed by atoms with Crippen LogP contribution in [0.25, 0.3) is 11.3 Å². The van der Waals surface area contributed by atoms with Gasteiger partial charge in [-0.1, -0.05) is 0 Å². The first-order valence-corrected chi connectivity index (χ1v) is 7.29. The van der Waals surface area contributed by atoms with Gasteiger partial charge in [-0.25, -0.2) is 4.98 Å². The number of hydrogen-bond donors (Lipinski definition) is 2. The average molecular weight is 301 g/mol. The van der Waals surface area contributed by atoms with Crippen molar-refractivity contribution in [1.82, 2.24) is 4.98 Å². The number of rotatable bonds is 6. The van der Waals surface area contributed by atoms with Gasteiger partial charge in [-0.3, -0.25) is 4.79 Å². The number of hydrogen-bond acceptors (Lipinski definition) is 5. The van der Waals surface area contributed by atoms with E-state index < -0.39 is 6.04 Å². The molecule has 1 atom stereocenters. The highest BCUT2D eigenvalue weighted by Crippen LogP contribution is 2.40. The van der Waals surface area contributed by atoms with Crippen LogP contribution < -0.4 is 11.1 Å². The maximum atomic E-state index is 11.8. The van der Waals surface area contributed by atoms with Gasteiger partial charge in [0, 0.05) is 24.3 Å². The van der Waals surface area contributed by atoms with Crippen LogP contribution in [0.15, 0.2) is 34.9 Å². The molecular formula is C16H19N3O3. The third kappa shape index (κ3) is 3.35. The van der Waals surface area contributed by atoms with Gasteiger partial charge < -0.3 is 20.2 Å². The molecule has 3 rings (SSSR count). The van der Waals surface area contributed by atoms with Crippen LogP contribution in [0.4, 0.5) is 5.69 Å². The van der Waals surface area contributed by atoms with E-state index in [-0.39, 0.29) is 12.5 Å². The highest BCUT2D eigenvalue weighted by atomic mass is 16.5. The number of benzene rings is 1. The van der Waals surface area contributed by atoms with E-state index in [1.807, 2.05) is 24.3 Å². The molecule has 6 nitrogen and oxygen atoms in total. The van der Waals surface area contributed by atoms with Gasteiger partial charge >= 0.3 is 0 Å². The van der Waals surface area contributed by atoms with E-state index in [0.29, 0.717) is 11.6 Å². The maximum absolute atomic E-state index is 11.8. The Morgan fingerprint density at radius 3 is 2.82 bits per heavy atom. The molecule has 22 heavy (non-hydrogen) atoms. The summed E-state index contributed by atoms with van der Waals surface area (Å²) in [5.74, 6) is 1.79. The average Bonchev–Trinajstić information content (AvgIpc) is 3.26. The minimum absolute atomic E-state index is 0.186. The summed E-state index contributed by atoms with van der Waals surface area (Å²) < 4.78 is 10.6. The lowest BCUT2D eigenvalue weighted by Gasteiger charge is -2.11. The smallest absolute Gasteiger partial charge is 0.243 e. The second kappa shape index (κ2) is 6.29. The van der Waals surface area contributed by atoms with E-state index in [1.54, 1.807) is 6.20 Å². The molecule has 1 aliphatic carbocycles. The second-order valence-corrected chi connectivity index (χ2v) is 5.47. The van der Waals surface area contributed by atoms with Crippen molar-refractivity contribution in [3.8, 4) is 11.3 Å². The molecule has 1 fully saturated rings. The molecule has 0 radical (unpaired) electrons. The molecule has 0 bridgehead atoms. The number of anilines is 1. The van der Waals surface area contributed by atoms with Crippen LogP contribution in [-0.4, -0.2) is 30.6 Å². The number of nitrogens with one attached hydrogen (secondary N) is 1. The van der Waals surface area contributed by atoms with E-state index in [1.165, 1.54) is 7.11 Å². The fourth-order valence-electron chi connectivity index (χ4n) is 2.15. The summed E-state index contributed by atoms with van der Waals surface area (Å²) in [4.78, 5) is 16.1. The van der Waals surface area contributed by atoms with Crippen molar-refractivity contribution in [3.05, 3.63) is 36.4 Å². The molecule has 1 saturated carbocycles. The van der Waals surface area contributed by atoms with Crippen LogP contribution in [0.3, 0.4) is 0 Å². The van der Waals surface area contributed by atoms with Crippen LogP contribution in [0.1, 0.15) is 24.7 Å². The molecule has 1 amide bonds. The Bertz CT molecular complexity index is 647. The van der Waals surface area contributed by atoms with Crippen molar-refractivity contribution < 1.29 is 13.9 Å². The van der Waals surface area contributed by atoms with Gasteiger partial charge in [-0.05, 0) is 37.1 Å². The minimum Gasteiger partial charge on any atom is -0.440 e. The van der Waals surface area contributed by atoms with Crippen molar-refractivity contribution >= 4 is 11.6 Å². The molecule has 2 aromatic rings. The normalized spacial score (nSPS) is 15.5. The van der Waals surface area contributed by atoms with Crippen molar-refractivity contribution in [2.75, 3.05) is 19.0 Å². The van der Waals surface area contributed by atoms with Crippen molar-refractivity contribution in [2.24, 2.45) is 5.73 Å². The predicted molar refractivity (Wildman–Crippen MR) is 82.4 cm³/mol. The van der Waals surface area contributed by atoms with Crippen LogP contribution >= 0.6 is 0 Å². The Morgan fingerprint density at radius 2 is 2.18 bits per heavy atom. The number of carbonyl (C=O) groups is 1. The lowest BCUT2D eigenvalue weighted by Crippen LogP contribution is -2.39. The Balaban J connectivity index is 1.65. The zero-order valence-corrected chi connectivity index (χ0v) is 12.4. The fraction of sp³-hybridized carbons (Fsp3) is 0.375. The highest BCUT2D eigenvalue weighted by Gasteiger charge is 2.28. The molecule has 116 valence electrons. The number of ether oxygens (including phenoxy) is 1. The number of methoxy groups -OCH3 is 1. The molecule has 1 aromatic heterocycles. The number of oxazole rings is 1. The van der Waals surface area contributed by atoms with Gasteiger partial charge in [-0.15, -0.1) is 0 Å². The molecule has 0 aliphatic heterocycles. The van der Waals surface area contributed by atoms with Gasteiger partial charge in [0.25, 0.3) is 0 Å². The molecule has 1 unspecified atom stereocenters. The summed E-state index contributed by atoms with van der Waals surface area (Å²) >= 11 is 0. The molecule has 6 heteroatoms. The molecule has 0 spiro atoms. The van der Waals surface area contributed by atoms with Gasteiger partial charge in [-0.2, -0.15) is 0 Å². The molecule has 1 aromatic carbocycles. The summed E-state index contributed by atoms with van der Waals surface area (Å²) in [6.07, 6.45) is 4.06. The fourth-order valence-corrected chi connectivity index (χ4v) is 2.15. The summed E-state index contributed by atoms with van der Waals surface area (Å²) in [5.41, 5.74) is 7.29. The lowest BCUT2D eigenvalue weighted by atomic mass is 10.1. The molecule has 1 aliphatic rings. The topological polar surface area (TPSA) is 90.4 Å². The van der Waals surface area contributed by atoms with E-state index in [2.05, 4.69) is 10.3 Å². The van der Waals surface area contributed by atoms with Crippen molar-refractivity contribution in [2.45, 2.75) is 24.8 Å². The monoisotopic (exact) mass is 301 g/mol. The first-order valence-electron chi connectivity index (χ1n) is 7.29. The standard InChI is InChI=1S/C16H19N3O3/c1-21-9-13(17)15(20)19-12-6-4-10(5-7-12)14-8-18-16(22-14)11-2-3-11/h4-8,11,13H,2-3,9,17H2,1H3,(H,19,20). The first-order chi connectivity index (χ1) is 10.7. The largest absolute Gasteiger partial charge is 0.440 e. The van der Waals surface area contributed by atoms with Gasteiger partial charge in [0.2, 0.25) is 5.91 Å². The Labute approximate surface area is 128 Å². The van der Waals surface area contributed by atoms with Gasteiger partial charge in [0.05, 0.1) is 12.8 Å². The lowest BCUT2D eigenvalue weighted by molar-refractivity contribution is -0.118. The third-order valence-corrected chi connectivity index (χ3v) is 3.57. The van der Waals surface area contributed by atoms with Crippen LogP contribution in [0.2, 0.25) is 0 Å². The number of aromatic nitrogens is 1. The summed E-state index contributed by atoms with van der Waals surface area (Å²) in [5, 5.41) is 2.75. The summed E-state index contributed by atoms with van der Waals surface area (Å²) in [6, 6.07) is 6.71. The van der Waals surface area contributed by atoms with E-state index >= 15 is 0 Å². The van der Waals surface area contributed by atoms with E-state index in [9.17, 15) is 4.79 Å². The summed E-state index contributed by atoms with van der Waals surface area (Å²) in [6.45, 7) is 0.186. The Kier molecular flexibility index (Phi) is 4.22. The molecule has 1 heterocycles. The van der Waals surface area contributed by atoms with Crippen LogP contribution in [0, 0.1) is 0 Å². The molecule has 0 saturated heterocycles. The molecular weight excluding hydrogens is 282 g/mol. The number of nitrogens with zero attached hydrogens (tertiary/aromatic N) is 1. The molecule has 3 N–H and O–H groups in total. The number of nitrogens with two attached hydrogens (primary N) is 1. The predicted octanol–water partition coefficient (Wildman–Crippen LogP) is 2.13. The van der Waals surface area contributed by atoms with E-state index in [0.717, 1.165) is 30.1 Å². The second-order valence-electron chi connectivity index (χ2n) is 5.47. The minimum atomic E-state index is -0.681. The van der Waals surface area contributed by atoms with Crippen LogP contribution in [0.5, 0.6) is 0 Å².